The van der Waals surface area contributed by atoms with E-state index < -0.39 is 0 Å². The summed E-state index contributed by atoms with van der Waals surface area (Å²) in [5.74, 6) is 1.03. The second kappa shape index (κ2) is 26.9. The Morgan fingerprint density at radius 2 is 1.13 bits per heavy atom. The first-order valence-corrected chi connectivity index (χ1v) is 17.3. The summed E-state index contributed by atoms with van der Waals surface area (Å²) in [5.41, 5.74) is 0. The van der Waals surface area contributed by atoms with Crippen LogP contribution in [0.15, 0.2) is 0 Å². The van der Waals surface area contributed by atoms with Gasteiger partial charge in [-0.2, -0.15) is 0 Å². The van der Waals surface area contributed by atoms with E-state index in [9.17, 15) is 4.79 Å². The number of unbranched alkanes of at least 4 members (excludes halogenated alkanes) is 14. The molecular weight excluding hydrogens is 484 g/mol. The molecule has 0 saturated heterocycles. The van der Waals surface area contributed by atoms with E-state index in [1.54, 1.807) is 0 Å². The molecule has 0 amide bonds. The minimum absolute atomic E-state index is 0.746. The van der Waals surface area contributed by atoms with Gasteiger partial charge in [0.15, 0.2) is 0 Å². The Morgan fingerprint density at radius 3 is 1.68 bits per heavy atom. The highest BCUT2D eigenvalue weighted by Gasteiger charge is 2.12. The molecule has 0 unspecified atom stereocenters. The fourth-order valence-electron chi connectivity index (χ4n) is 6.02. The number of carbonyl (C=O) groups is 1. The Morgan fingerprint density at radius 1 is 0.632 bits per heavy atom. The van der Waals surface area contributed by atoms with E-state index >= 15 is 0 Å². The molecule has 0 aliphatic heterocycles. The Bertz CT molecular complexity index is 533. The number of likely N-dealkylation sites (N-methyl/N-ethyl adjacent to an activating group) is 1. The van der Waals surface area contributed by atoms with Crippen LogP contribution in [0.5, 0.6) is 0 Å². The van der Waals surface area contributed by atoms with Crippen molar-refractivity contribution in [3.8, 4) is 0 Å². The minimum Gasteiger partial charge on any atom is -0.308 e. The summed E-state index contributed by atoms with van der Waals surface area (Å²) in [5, 5.41) is 0. The lowest BCUT2D eigenvalue weighted by Crippen LogP contribution is -2.33. The van der Waals surface area contributed by atoms with Gasteiger partial charge in [0.1, 0.15) is 6.29 Å². The zero-order valence-corrected chi connectivity index (χ0v) is 26.7. The van der Waals surface area contributed by atoms with Crippen LogP contribution in [0, 0.1) is 5.92 Å². The van der Waals surface area contributed by atoms with Crippen LogP contribution < -0.4 is 0 Å². The number of nitrogens with zero attached hydrogens (tertiary/aromatic N) is 2. The van der Waals surface area contributed by atoms with Crippen molar-refractivity contribution in [2.75, 3.05) is 40.3 Å². The largest absolute Gasteiger partial charge is 0.308 e. The van der Waals surface area contributed by atoms with Gasteiger partial charge in [-0.15, -0.1) is 0 Å². The Hall–Kier alpha value is -0.320. The van der Waals surface area contributed by atoms with E-state index in [1.165, 1.54) is 179 Å². The normalized spacial score (nSPS) is 14.5. The second-order valence-electron chi connectivity index (χ2n) is 12.6. The highest BCUT2D eigenvalue weighted by molar-refractivity contribution is 7.80. The third-order valence-corrected chi connectivity index (χ3v) is 9.04. The van der Waals surface area contributed by atoms with E-state index in [0.717, 1.165) is 25.0 Å². The van der Waals surface area contributed by atoms with Gasteiger partial charge in [0.2, 0.25) is 0 Å². The third kappa shape index (κ3) is 23.6. The van der Waals surface area contributed by atoms with Crippen molar-refractivity contribution in [2.45, 2.75) is 161 Å². The molecule has 0 aromatic rings. The minimum atomic E-state index is 0.746. The number of hydrogen-bond acceptors (Lipinski definition) is 4. The maximum atomic E-state index is 10.4. The fraction of sp³-hybridized carbons (Fsp3) is 0.941. The van der Waals surface area contributed by atoms with Crippen LogP contribution in [-0.2, 0) is 4.79 Å². The molecule has 0 aromatic heterocycles. The van der Waals surface area contributed by atoms with Crippen molar-refractivity contribution in [2.24, 2.45) is 5.92 Å². The standard InChI is InChI=1S/C34H66N2OS/c1-35(2)30-31-36(28-20-11-7-3-4-9-13-22-32-37)29-21-12-8-5-6-10-17-26-34(38)27-19-18-25-33-23-15-14-16-24-33/h32-33H,3-31H2,1-2H3. The first kappa shape index (κ1) is 35.7. The monoisotopic (exact) mass is 550 g/mol. The van der Waals surface area contributed by atoms with Crippen LogP contribution in [0.2, 0.25) is 0 Å². The molecule has 0 heterocycles. The van der Waals surface area contributed by atoms with Crippen molar-refractivity contribution in [3.05, 3.63) is 0 Å². The van der Waals surface area contributed by atoms with Gasteiger partial charge < -0.3 is 14.6 Å². The molecule has 3 nitrogen and oxygen atoms in total. The first-order valence-electron chi connectivity index (χ1n) is 16.9. The van der Waals surface area contributed by atoms with Crippen molar-refractivity contribution in [3.63, 3.8) is 0 Å². The number of hydrogen-bond donors (Lipinski definition) is 0. The highest BCUT2D eigenvalue weighted by Crippen LogP contribution is 2.28. The van der Waals surface area contributed by atoms with E-state index in [0.29, 0.717) is 0 Å². The molecular formula is C34H66N2OS. The predicted octanol–water partition coefficient (Wildman–Crippen LogP) is 9.80. The summed E-state index contributed by atoms with van der Waals surface area (Å²) in [6.45, 7) is 4.91. The maximum absolute atomic E-state index is 10.4. The molecule has 0 atom stereocenters. The molecule has 0 radical (unpaired) electrons. The van der Waals surface area contributed by atoms with E-state index in [1.807, 2.05) is 0 Å². The summed E-state index contributed by atoms with van der Waals surface area (Å²) in [6, 6.07) is 0. The van der Waals surface area contributed by atoms with E-state index in [4.69, 9.17) is 12.2 Å². The summed E-state index contributed by atoms with van der Waals surface area (Å²) in [6.07, 6.45) is 34.4. The lowest BCUT2D eigenvalue weighted by molar-refractivity contribution is -0.107. The topological polar surface area (TPSA) is 23.6 Å². The average molecular weight is 551 g/mol. The number of carbonyl (C=O) groups excluding carboxylic acids is 1. The lowest BCUT2D eigenvalue weighted by Gasteiger charge is -2.24. The predicted molar refractivity (Wildman–Crippen MR) is 173 cm³/mol. The van der Waals surface area contributed by atoms with Crippen molar-refractivity contribution < 1.29 is 4.79 Å². The third-order valence-electron chi connectivity index (χ3n) is 8.63. The van der Waals surface area contributed by atoms with Crippen LogP contribution >= 0.6 is 12.2 Å². The molecule has 4 heteroatoms. The van der Waals surface area contributed by atoms with Gasteiger partial charge >= 0.3 is 0 Å². The average Bonchev–Trinajstić information content (AvgIpc) is 2.92. The molecule has 1 aliphatic carbocycles. The Kier molecular flexibility index (Phi) is 25.3. The quantitative estimate of drug-likeness (QED) is 0.0549. The lowest BCUT2D eigenvalue weighted by atomic mass is 9.85. The van der Waals surface area contributed by atoms with Crippen LogP contribution in [0.3, 0.4) is 0 Å². The number of thiocarbonyl (C=S) groups is 1. The van der Waals surface area contributed by atoms with Crippen molar-refractivity contribution >= 4 is 23.4 Å². The molecule has 38 heavy (non-hydrogen) atoms. The zero-order valence-electron chi connectivity index (χ0n) is 25.9. The van der Waals surface area contributed by atoms with Gasteiger partial charge in [-0.05, 0) is 82.9 Å². The summed E-state index contributed by atoms with van der Waals surface area (Å²) < 4.78 is 0. The number of aldehydes is 1. The summed E-state index contributed by atoms with van der Waals surface area (Å²) in [7, 11) is 4.38. The van der Waals surface area contributed by atoms with Crippen LogP contribution in [0.25, 0.3) is 0 Å². The van der Waals surface area contributed by atoms with Crippen LogP contribution in [0.4, 0.5) is 0 Å². The molecule has 224 valence electrons. The molecule has 0 bridgehead atoms. The van der Waals surface area contributed by atoms with Crippen LogP contribution in [-0.4, -0.2) is 61.2 Å². The molecule has 0 spiro atoms. The maximum Gasteiger partial charge on any atom is 0.119 e. The van der Waals surface area contributed by atoms with Gasteiger partial charge in [-0.3, -0.25) is 0 Å². The molecule has 1 saturated carbocycles. The molecule has 0 aromatic carbocycles. The van der Waals surface area contributed by atoms with Gasteiger partial charge in [0, 0.05) is 19.5 Å². The van der Waals surface area contributed by atoms with Gasteiger partial charge in [-0.1, -0.05) is 121 Å². The highest BCUT2D eigenvalue weighted by atomic mass is 32.1. The Balaban J connectivity index is 1.94. The van der Waals surface area contributed by atoms with Gasteiger partial charge in [0.05, 0.1) is 0 Å². The molecule has 0 N–H and O–H groups in total. The molecule has 1 fully saturated rings. The van der Waals surface area contributed by atoms with E-state index in [-0.39, 0.29) is 0 Å². The molecule has 1 rings (SSSR count). The second-order valence-corrected chi connectivity index (χ2v) is 13.2. The first-order chi connectivity index (χ1) is 18.6. The van der Waals surface area contributed by atoms with Gasteiger partial charge in [0.25, 0.3) is 0 Å². The summed E-state index contributed by atoms with van der Waals surface area (Å²) >= 11 is 5.67. The van der Waals surface area contributed by atoms with Gasteiger partial charge in [-0.25, -0.2) is 0 Å². The SMILES string of the molecule is CN(C)CCN(CCCCCCCCCC=O)CCCCCCCCCC(=S)CCCCC1CCCCC1. The van der Waals surface area contributed by atoms with Crippen LogP contribution in [0.1, 0.15) is 161 Å². The molecule has 1 aliphatic rings. The smallest absolute Gasteiger partial charge is 0.119 e. The zero-order chi connectivity index (χ0) is 27.5. The number of rotatable bonds is 28. The van der Waals surface area contributed by atoms with Crippen molar-refractivity contribution in [1.29, 1.82) is 0 Å². The van der Waals surface area contributed by atoms with Crippen molar-refractivity contribution in [1.82, 2.24) is 9.80 Å². The van der Waals surface area contributed by atoms with E-state index in [2.05, 4.69) is 23.9 Å². The summed E-state index contributed by atoms with van der Waals surface area (Å²) in [4.78, 5) is 16.8. The fourth-order valence-corrected chi connectivity index (χ4v) is 6.31. The Labute approximate surface area is 244 Å².